The van der Waals surface area contributed by atoms with Crippen molar-refractivity contribution in [1.82, 2.24) is 19.9 Å². The van der Waals surface area contributed by atoms with Gasteiger partial charge >= 0.3 is 6.43 Å². The van der Waals surface area contributed by atoms with Crippen LogP contribution in [0.1, 0.15) is 12.3 Å². The molecule has 0 fully saturated rings. The zero-order valence-corrected chi connectivity index (χ0v) is 15.7. The van der Waals surface area contributed by atoms with Crippen molar-refractivity contribution < 1.29 is 26.1 Å². The number of para-hydroxylation sites is 1. The van der Waals surface area contributed by atoms with Gasteiger partial charge in [0.05, 0.1) is 12.4 Å². The van der Waals surface area contributed by atoms with Crippen LogP contribution in [0.25, 0.3) is 17.1 Å². The summed E-state index contributed by atoms with van der Waals surface area (Å²) in [6.07, 6.45) is -0.614. The molecule has 2 heterocycles. The zero-order valence-electron chi connectivity index (χ0n) is 14.9. The molecule has 0 bridgehead atoms. The molecule has 0 saturated carbocycles. The highest BCUT2D eigenvalue weighted by Gasteiger charge is 2.19. The third kappa shape index (κ3) is 3.89. The topological polar surface area (TPSA) is 103 Å². The van der Waals surface area contributed by atoms with Gasteiger partial charge in [-0.05, 0) is 36.4 Å². The molecule has 30 heavy (non-hydrogen) atoms. The van der Waals surface area contributed by atoms with Crippen LogP contribution >= 0.6 is 0 Å². The fourth-order valence-corrected chi connectivity index (χ4v) is 3.55. The number of halogens is 3. The zero-order chi connectivity index (χ0) is 21.3. The number of hydrogen-bond acceptors (Lipinski definition) is 6. The molecular weight excluding hydrogens is 423 g/mol. The van der Waals surface area contributed by atoms with E-state index in [0.717, 1.165) is 10.9 Å². The first-order valence-electron chi connectivity index (χ1n) is 8.38. The van der Waals surface area contributed by atoms with Gasteiger partial charge in [-0.2, -0.15) is 18.9 Å². The first-order valence-corrected chi connectivity index (χ1v) is 9.86. The summed E-state index contributed by atoms with van der Waals surface area (Å²) in [5.74, 6) is -1.41. The van der Waals surface area contributed by atoms with Crippen LogP contribution in [-0.2, 0) is 10.0 Å². The third-order valence-corrected chi connectivity index (χ3v) is 5.33. The largest absolute Gasteiger partial charge is 0.333 e. The van der Waals surface area contributed by atoms with Crippen LogP contribution < -0.4 is 4.72 Å². The fraction of sp³-hybridized carbons (Fsp3) is 0.0556. The van der Waals surface area contributed by atoms with Crippen molar-refractivity contribution in [2.24, 2.45) is 0 Å². The van der Waals surface area contributed by atoms with Crippen molar-refractivity contribution in [3.63, 3.8) is 0 Å². The number of benzene rings is 2. The third-order valence-electron chi connectivity index (χ3n) is 3.99. The van der Waals surface area contributed by atoms with E-state index in [1.165, 1.54) is 48.7 Å². The number of sulfonamides is 1. The highest BCUT2D eigenvalue weighted by atomic mass is 32.2. The highest BCUT2D eigenvalue weighted by molar-refractivity contribution is 7.92. The van der Waals surface area contributed by atoms with Crippen LogP contribution in [0, 0.1) is 5.82 Å². The molecule has 0 aliphatic heterocycles. The predicted molar refractivity (Wildman–Crippen MR) is 99.0 cm³/mol. The van der Waals surface area contributed by atoms with E-state index < -0.39 is 28.2 Å². The van der Waals surface area contributed by atoms with Gasteiger partial charge in [-0.15, -0.1) is 0 Å². The Kier molecular flexibility index (Phi) is 4.99. The van der Waals surface area contributed by atoms with E-state index in [-0.39, 0.29) is 22.1 Å². The minimum absolute atomic E-state index is 0.0501. The molecule has 0 unspecified atom stereocenters. The van der Waals surface area contributed by atoms with Gasteiger partial charge in [-0.1, -0.05) is 17.3 Å². The average molecular weight is 435 g/mol. The lowest BCUT2D eigenvalue weighted by Gasteiger charge is -2.06. The molecule has 8 nitrogen and oxygen atoms in total. The summed E-state index contributed by atoms with van der Waals surface area (Å²) < 4.78 is 72.0. The van der Waals surface area contributed by atoms with Crippen molar-refractivity contribution in [1.29, 1.82) is 0 Å². The average Bonchev–Trinajstić information content (AvgIpc) is 3.39. The van der Waals surface area contributed by atoms with E-state index in [9.17, 15) is 21.6 Å². The Morgan fingerprint density at radius 3 is 2.47 bits per heavy atom. The molecule has 2 aromatic heterocycles. The molecule has 2 aromatic carbocycles. The maximum absolute atomic E-state index is 13.9. The summed E-state index contributed by atoms with van der Waals surface area (Å²) in [5.41, 5.74) is 0.669. The molecule has 0 atom stereocenters. The SMILES string of the molecule is O=S(=O)(Nc1ccc(-c2noc(C(F)F)n2)cc1)c1cnn(-c2ccccc2F)c1. The predicted octanol–water partition coefficient (Wildman–Crippen LogP) is 3.80. The van der Waals surface area contributed by atoms with Crippen LogP contribution in [0.5, 0.6) is 0 Å². The lowest BCUT2D eigenvalue weighted by atomic mass is 10.2. The number of aromatic nitrogens is 4. The number of nitrogens with one attached hydrogen (secondary N) is 1. The Morgan fingerprint density at radius 1 is 1.07 bits per heavy atom. The van der Waals surface area contributed by atoms with Crippen LogP contribution in [-0.4, -0.2) is 28.3 Å². The van der Waals surface area contributed by atoms with Crippen LogP contribution in [0.15, 0.2) is 70.3 Å². The van der Waals surface area contributed by atoms with Gasteiger partial charge in [0.1, 0.15) is 16.4 Å². The molecule has 0 spiro atoms. The van der Waals surface area contributed by atoms with E-state index in [1.807, 2.05) is 0 Å². The van der Waals surface area contributed by atoms with Gasteiger partial charge < -0.3 is 4.52 Å². The quantitative estimate of drug-likeness (QED) is 0.494. The standard InChI is InChI=1S/C18H12F3N5O3S/c19-14-3-1-2-4-15(14)26-10-13(9-22-26)30(27,28)25-12-7-5-11(6-8-12)17-23-18(16(20)21)29-24-17/h1-10,16,25H. The molecule has 0 radical (unpaired) electrons. The van der Waals surface area contributed by atoms with Crippen LogP contribution in [0.4, 0.5) is 18.9 Å². The van der Waals surface area contributed by atoms with Crippen LogP contribution in [0.2, 0.25) is 0 Å². The van der Waals surface area contributed by atoms with Crippen molar-refractivity contribution >= 4 is 15.7 Å². The minimum Gasteiger partial charge on any atom is -0.333 e. The summed E-state index contributed by atoms with van der Waals surface area (Å²) in [4.78, 5) is 3.39. The van der Waals surface area contributed by atoms with E-state index in [1.54, 1.807) is 6.07 Å². The first kappa shape index (κ1) is 19.6. The minimum atomic E-state index is -4.00. The second-order valence-electron chi connectivity index (χ2n) is 6.01. The van der Waals surface area contributed by atoms with Crippen molar-refractivity contribution in [2.75, 3.05) is 4.72 Å². The maximum Gasteiger partial charge on any atom is 0.315 e. The monoisotopic (exact) mass is 435 g/mol. The molecular formula is C18H12F3N5O3S. The molecule has 4 aromatic rings. The van der Waals surface area contributed by atoms with Gasteiger partial charge in [-0.25, -0.2) is 17.5 Å². The van der Waals surface area contributed by atoms with E-state index in [2.05, 4.69) is 24.5 Å². The van der Waals surface area contributed by atoms with Gasteiger partial charge in [-0.3, -0.25) is 4.72 Å². The van der Waals surface area contributed by atoms with E-state index in [4.69, 9.17) is 0 Å². The maximum atomic E-state index is 13.9. The molecule has 12 heteroatoms. The molecule has 154 valence electrons. The number of nitrogens with zero attached hydrogens (tertiary/aromatic N) is 4. The van der Waals surface area contributed by atoms with Crippen LogP contribution in [0.3, 0.4) is 0 Å². The normalized spacial score (nSPS) is 11.7. The summed E-state index contributed by atoms with van der Waals surface area (Å²) >= 11 is 0. The summed E-state index contributed by atoms with van der Waals surface area (Å²) in [7, 11) is -4.00. The van der Waals surface area contributed by atoms with Gasteiger partial charge in [0.2, 0.25) is 5.82 Å². The van der Waals surface area contributed by atoms with E-state index in [0.29, 0.717) is 5.56 Å². The number of hydrogen-bond donors (Lipinski definition) is 1. The Balaban J connectivity index is 1.53. The Bertz CT molecular complexity index is 1290. The molecule has 0 aliphatic rings. The lowest BCUT2D eigenvalue weighted by molar-refractivity contribution is 0.106. The van der Waals surface area contributed by atoms with Gasteiger partial charge in [0.15, 0.2) is 0 Å². The lowest BCUT2D eigenvalue weighted by Crippen LogP contribution is -2.12. The summed E-state index contributed by atoms with van der Waals surface area (Å²) in [5, 5.41) is 7.35. The number of anilines is 1. The smallest absolute Gasteiger partial charge is 0.315 e. The first-order chi connectivity index (χ1) is 14.3. The summed E-state index contributed by atoms with van der Waals surface area (Å²) in [6.45, 7) is 0. The highest BCUT2D eigenvalue weighted by Crippen LogP contribution is 2.24. The molecule has 0 saturated heterocycles. The Hall–Kier alpha value is -3.67. The number of alkyl halides is 2. The van der Waals surface area contributed by atoms with Crippen molar-refractivity contribution in [3.8, 4) is 17.1 Å². The fourth-order valence-electron chi connectivity index (χ4n) is 2.56. The van der Waals surface area contributed by atoms with Gasteiger partial charge in [0, 0.05) is 11.3 Å². The number of rotatable bonds is 6. The van der Waals surface area contributed by atoms with E-state index >= 15 is 0 Å². The second kappa shape index (κ2) is 7.63. The second-order valence-corrected chi connectivity index (χ2v) is 7.69. The molecule has 1 N–H and O–H groups in total. The molecule has 0 aliphatic carbocycles. The Labute approximate surface area is 168 Å². The van der Waals surface area contributed by atoms with Gasteiger partial charge in [0.25, 0.3) is 15.9 Å². The van der Waals surface area contributed by atoms with Crippen molar-refractivity contribution in [3.05, 3.63) is 72.6 Å². The molecule has 0 amide bonds. The summed E-state index contributed by atoms with van der Waals surface area (Å²) in [6, 6.07) is 11.5. The van der Waals surface area contributed by atoms with Crippen molar-refractivity contribution in [2.45, 2.75) is 11.3 Å². The molecule has 4 rings (SSSR count). The Morgan fingerprint density at radius 2 is 1.80 bits per heavy atom.